The molecule has 0 aromatic heterocycles. The standard InChI is InChI=1S/C24H30F2N4O/c1-27-23(28-15-17-9-11-18(12-10-17)22(31)30(2)3)29-16-24(13-4-5-14-24)21-19(25)7-6-8-20(21)26/h6-12H,4-5,13-16H2,1-3H3,(H2,27,28,29). The van der Waals surface area contributed by atoms with Crippen molar-refractivity contribution in [3.05, 3.63) is 70.8 Å². The van der Waals surface area contributed by atoms with E-state index in [0.29, 0.717) is 24.6 Å². The van der Waals surface area contributed by atoms with Crippen molar-refractivity contribution in [3.63, 3.8) is 0 Å². The minimum Gasteiger partial charge on any atom is -0.356 e. The highest BCUT2D eigenvalue weighted by atomic mass is 19.1. The Balaban J connectivity index is 1.64. The van der Waals surface area contributed by atoms with Crippen molar-refractivity contribution in [2.45, 2.75) is 37.6 Å². The van der Waals surface area contributed by atoms with Crippen molar-refractivity contribution in [1.82, 2.24) is 15.5 Å². The number of nitrogens with one attached hydrogen (secondary N) is 2. The smallest absolute Gasteiger partial charge is 0.253 e. The first-order valence-corrected chi connectivity index (χ1v) is 10.6. The fourth-order valence-corrected chi connectivity index (χ4v) is 4.25. The molecule has 166 valence electrons. The molecule has 0 atom stereocenters. The number of halogens is 2. The van der Waals surface area contributed by atoms with E-state index < -0.39 is 17.0 Å². The van der Waals surface area contributed by atoms with Crippen LogP contribution in [0.25, 0.3) is 0 Å². The van der Waals surface area contributed by atoms with Gasteiger partial charge in [-0.05, 0) is 42.7 Å². The zero-order chi connectivity index (χ0) is 22.4. The van der Waals surface area contributed by atoms with Crippen LogP contribution in [0.1, 0.15) is 47.2 Å². The Labute approximate surface area is 182 Å². The Hall–Kier alpha value is -2.96. The summed E-state index contributed by atoms with van der Waals surface area (Å²) in [7, 11) is 5.11. The third kappa shape index (κ3) is 5.21. The molecular weight excluding hydrogens is 398 g/mol. The van der Waals surface area contributed by atoms with Gasteiger partial charge in [-0.3, -0.25) is 9.79 Å². The highest BCUT2D eigenvalue weighted by molar-refractivity contribution is 5.93. The topological polar surface area (TPSA) is 56.7 Å². The predicted molar refractivity (Wildman–Crippen MR) is 119 cm³/mol. The first kappa shape index (κ1) is 22.7. The lowest BCUT2D eigenvalue weighted by molar-refractivity contribution is 0.0827. The van der Waals surface area contributed by atoms with Gasteiger partial charge in [0.25, 0.3) is 5.91 Å². The minimum atomic E-state index is -0.582. The highest BCUT2D eigenvalue weighted by Gasteiger charge is 2.39. The summed E-state index contributed by atoms with van der Waals surface area (Å²) in [6, 6.07) is 11.4. The third-order valence-electron chi connectivity index (χ3n) is 5.94. The number of hydrogen-bond acceptors (Lipinski definition) is 2. The average Bonchev–Trinajstić information content (AvgIpc) is 3.23. The molecule has 2 aromatic carbocycles. The fourth-order valence-electron chi connectivity index (χ4n) is 4.25. The monoisotopic (exact) mass is 428 g/mol. The first-order chi connectivity index (χ1) is 14.9. The molecule has 1 aliphatic rings. The molecule has 0 aliphatic heterocycles. The van der Waals surface area contributed by atoms with Gasteiger partial charge < -0.3 is 15.5 Å². The van der Waals surface area contributed by atoms with Crippen LogP contribution in [0.15, 0.2) is 47.5 Å². The molecule has 0 bridgehead atoms. The lowest BCUT2D eigenvalue weighted by Crippen LogP contribution is -2.45. The summed E-state index contributed by atoms with van der Waals surface area (Å²) in [5.74, 6) is -0.450. The van der Waals surface area contributed by atoms with E-state index in [1.807, 2.05) is 12.1 Å². The summed E-state index contributed by atoms with van der Waals surface area (Å²) in [5.41, 5.74) is 1.22. The molecule has 1 amide bonds. The number of amides is 1. The normalized spacial score (nSPS) is 15.6. The van der Waals surface area contributed by atoms with E-state index in [9.17, 15) is 13.6 Å². The number of carbonyl (C=O) groups excluding carboxylic acids is 1. The number of guanidine groups is 1. The number of aliphatic imine (C=N–C) groups is 1. The molecule has 5 nitrogen and oxygen atoms in total. The summed E-state index contributed by atoms with van der Waals surface area (Å²) >= 11 is 0. The van der Waals surface area contributed by atoms with Crippen LogP contribution in [0, 0.1) is 11.6 Å². The molecule has 0 radical (unpaired) electrons. The maximum atomic E-state index is 14.5. The van der Waals surface area contributed by atoms with E-state index in [0.717, 1.165) is 31.2 Å². The van der Waals surface area contributed by atoms with E-state index in [2.05, 4.69) is 15.6 Å². The zero-order valence-electron chi connectivity index (χ0n) is 18.3. The van der Waals surface area contributed by atoms with Gasteiger partial charge in [-0.25, -0.2) is 8.78 Å². The van der Waals surface area contributed by atoms with Gasteiger partial charge in [-0.2, -0.15) is 0 Å². The summed E-state index contributed by atoms with van der Waals surface area (Å²) in [5, 5.41) is 6.50. The van der Waals surface area contributed by atoms with Crippen LogP contribution in [0.4, 0.5) is 8.78 Å². The maximum absolute atomic E-state index is 14.5. The minimum absolute atomic E-state index is 0.0424. The van der Waals surface area contributed by atoms with E-state index in [1.165, 1.54) is 23.1 Å². The summed E-state index contributed by atoms with van der Waals surface area (Å²) in [6.07, 6.45) is 3.35. The van der Waals surface area contributed by atoms with Crippen LogP contribution in [0.2, 0.25) is 0 Å². The van der Waals surface area contributed by atoms with Crippen LogP contribution >= 0.6 is 0 Å². The van der Waals surface area contributed by atoms with Gasteiger partial charge in [0, 0.05) is 50.8 Å². The van der Waals surface area contributed by atoms with E-state index in [4.69, 9.17) is 0 Å². The lowest BCUT2D eigenvalue weighted by Gasteiger charge is -2.31. The molecule has 1 fully saturated rings. The highest BCUT2D eigenvalue weighted by Crippen LogP contribution is 2.42. The van der Waals surface area contributed by atoms with Crippen molar-refractivity contribution in [2.24, 2.45) is 4.99 Å². The number of benzene rings is 2. The van der Waals surface area contributed by atoms with Crippen LogP contribution in [-0.4, -0.2) is 44.5 Å². The largest absolute Gasteiger partial charge is 0.356 e. The van der Waals surface area contributed by atoms with Crippen molar-refractivity contribution in [2.75, 3.05) is 27.7 Å². The van der Waals surface area contributed by atoms with Gasteiger partial charge in [0.2, 0.25) is 0 Å². The molecule has 2 N–H and O–H groups in total. The van der Waals surface area contributed by atoms with Crippen LogP contribution in [0.5, 0.6) is 0 Å². The number of nitrogens with zero attached hydrogens (tertiary/aromatic N) is 2. The van der Waals surface area contributed by atoms with Gasteiger partial charge in [0.15, 0.2) is 5.96 Å². The number of carbonyl (C=O) groups is 1. The second-order valence-electron chi connectivity index (χ2n) is 8.26. The van der Waals surface area contributed by atoms with Crippen molar-refractivity contribution < 1.29 is 13.6 Å². The molecule has 1 aliphatic carbocycles. The zero-order valence-corrected chi connectivity index (χ0v) is 18.3. The number of hydrogen-bond donors (Lipinski definition) is 2. The molecular formula is C24H30F2N4O. The Morgan fingerprint density at radius 3 is 2.19 bits per heavy atom. The van der Waals surface area contributed by atoms with Crippen LogP contribution < -0.4 is 10.6 Å². The molecule has 2 aromatic rings. The molecule has 31 heavy (non-hydrogen) atoms. The molecule has 0 unspecified atom stereocenters. The van der Waals surface area contributed by atoms with Crippen molar-refractivity contribution in [3.8, 4) is 0 Å². The van der Waals surface area contributed by atoms with Gasteiger partial charge >= 0.3 is 0 Å². The summed E-state index contributed by atoms with van der Waals surface area (Å²) in [4.78, 5) is 17.8. The average molecular weight is 429 g/mol. The second kappa shape index (κ2) is 9.90. The Morgan fingerprint density at radius 1 is 1.03 bits per heavy atom. The van der Waals surface area contributed by atoms with Crippen molar-refractivity contribution >= 4 is 11.9 Å². The van der Waals surface area contributed by atoms with Gasteiger partial charge in [0.05, 0.1) is 0 Å². The molecule has 3 rings (SSSR count). The molecule has 7 heteroatoms. The molecule has 0 saturated heterocycles. The maximum Gasteiger partial charge on any atom is 0.253 e. The Morgan fingerprint density at radius 2 is 1.65 bits per heavy atom. The molecule has 0 heterocycles. The fraction of sp³-hybridized carbons (Fsp3) is 0.417. The summed E-state index contributed by atoms with van der Waals surface area (Å²) < 4.78 is 29.0. The molecule has 1 saturated carbocycles. The quantitative estimate of drug-likeness (QED) is 0.543. The van der Waals surface area contributed by atoms with Crippen LogP contribution in [0.3, 0.4) is 0 Å². The van der Waals surface area contributed by atoms with E-state index >= 15 is 0 Å². The molecule has 0 spiro atoms. The predicted octanol–water partition coefficient (Wildman–Crippen LogP) is 3.84. The van der Waals surface area contributed by atoms with E-state index in [-0.39, 0.29) is 11.5 Å². The lowest BCUT2D eigenvalue weighted by atomic mass is 9.78. The van der Waals surface area contributed by atoms with Gasteiger partial charge in [0.1, 0.15) is 11.6 Å². The number of rotatable bonds is 6. The Kier molecular flexibility index (Phi) is 7.25. The van der Waals surface area contributed by atoms with E-state index in [1.54, 1.807) is 33.3 Å². The third-order valence-corrected chi connectivity index (χ3v) is 5.94. The second-order valence-corrected chi connectivity index (χ2v) is 8.26. The SMILES string of the molecule is CN=C(NCc1ccc(C(=O)N(C)C)cc1)NCC1(c2c(F)cccc2F)CCCC1. The Bertz CT molecular complexity index is 915. The van der Waals surface area contributed by atoms with Gasteiger partial charge in [-0.1, -0.05) is 31.0 Å². The van der Waals surface area contributed by atoms with Crippen molar-refractivity contribution in [1.29, 1.82) is 0 Å². The van der Waals surface area contributed by atoms with Gasteiger partial charge in [-0.15, -0.1) is 0 Å². The van der Waals surface area contributed by atoms with Crippen LogP contribution in [-0.2, 0) is 12.0 Å². The summed E-state index contributed by atoms with van der Waals surface area (Å²) in [6.45, 7) is 0.915. The first-order valence-electron chi connectivity index (χ1n) is 10.6.